The van der Waals surface area contributed by atoms with Gasteiger partial charge in [0.2, 0.25) is 10.0 Å². The molecular formula is C19H25ClN2O4S. The van der Waals surface area contributed by atoms with Gasteiger partial charge in [-0.05, 0) is 66.9 Å². The highest BCUT2D eigenvalue weighted by atomic mass is 35.5. The summed E-state index contributed by atoms with van der Waals surface area (Å²) >= 11 is 0. The second kappa shape index (κ2) is 8.48. The Labute approximate surface area is 166 Å². The van der Waals surface area contributed by atoms with Crippen LogP contribution in [0.2, 0.25) is 0 Å². The third-order valence-electron chi connectivity index (χ3n) is 4.77. The van der Waals surface area contributed by atoms with Crippen molar-refractivity contribution in [3.8, 4) is 17.2 Å². The molecule has 0 spiro atoms. The second-order valence-corrected chi connectivity index (χ2v) is 8.79. The van der Waals surface area contributed by atoms with Crippen molar-refractivity contribution in [3.05, 3.63) is 48.5 Å². The van der Waals surface area contributed by atoms with Crippen molar-refractivity contribution in [1.82, 2.24) is 4.31 Å². The van der Waals surface area contributed by atoms with Crippen LogP contribution in [0.4, 0.5) is 0 Å². The Bertz CT molecular complexity index is 856. The van der Waals surface area contributed by atoms with Gasteiger partial charge in [-0.25, -0.2) is 8.42 Å². The van der Waals surface area contributed by atoms with E-state index in [-0.39, 0.29) is 22.7 Å². The van der Waals surface area contributed by atoms with Crippen LogP contribution < -0.4 is 15.2 Å². The summed E-state index contributed by atoms with van der Waals surface area (Å²) in [6, 6.07) is 13.7. The lowest BCUT2D eigenvalue weighted by Gasteiger charge is -2.22. The fourth-order valence-corrected chi connectivity index (χ4v) is 4.55. The monoisotopic (exact) mass is 412 g/mol. The summed E-state index contributed by atoms with van der Waals surface area (Å²) in [6.45, 7) is 3.46. The van der Waals surface area contributed by atoms with Crippen molar-refractivity contribution in [2.45, 2.75) is 18.2 Å². The first-order chi connectivity index (χ1) is 12.4. The van der Waals surface area contributed by atoms with Gasteiger partial charge in [-0.3, -0.25) is 0 Å². The lowest BCUT2D eigenvalue weighted by molar-refractivity contribution is 0.349. The van der Waals surface area contributed by atoms with Gasteiger partial charge in [0.15, 0.2) is 0 Å². The predicted octanol–water partition coefficient (Wildman–Crippen LogP) is 3.27. The minimum absolute atomic E-state index is 0. The van der Waals surface area contributed by atoms with Crippen LogP contribution in [0, 0.1) is 5.41 Å². The smallest absolute Gasteiger partial charge is 0.243 e. The lowest BCUT2D eigenvalue weighted by atomic mass is 9.90. The van der Waals surface area contributed by atoms with Crippen LogP contribution in [0.5, 0.6) is 17.2 Å². The molecule has 6 nitrogen and oxygen atoms in total. The largest absolute Gasteiger partial charge is 0.497 e. The Morgan fingerprint density at radius 3 is 2.04 bits per heavy atom. The average molecular weight is 413 g/mol. The molecule has 2 aromatic rings. The number of ether oxygens (including phenoxy) is 2. The third-order valence-corrected chi connectivity index (χ3v) is 6.63. The predicted molar refractivity (Wildman–Crippen MR) is 107 cm³/mol. The molecule has 0 saturated carbocycles. The van der Waals surface area contributed by atoms with Gasteiger partial charge in [-0.15, -0.1) is 12.4 Å². The van der Waals surface area contributed by atoms with Gasteiger partial charge >= 0.3 is 0 Å². The zero-order chi connectivity index (χ0) is 18.8. The van der Waals surface area contributed by atoms with E-state index in [0.29, 0.717) is 31.1 Å². The van der Waals surface area contributed by atoms with E-state index in [1.807, 2.05) is 6.92 Å². The summed E-state index contributed by atoms with van der Waals surface area (Å²) in [6.07, 6.45) is 0.779. The number of methoxy groups -OCH3 is 1. The van der Waals surface area contributed by atoms with Crippen molar-refractivity contribution >= 4 is 22.4 Å². The molecule has 8 heteroatoms. The van der Waals surface area contributed by atoms with E-state index in [1.54, 1.807) is 55.6 Å². The molecule has 1 heterocycles. The van der Waals surface area contributed by atoms with Gasteiger partial charge in [-0.2, -0.15) is 4.31 Å². The van der Waals surface area contributed by atoms with Gasteiger partial charge in [-0.1, -0.05) is 6.92 Å². The number of sulfonamides is 1. The van der Waals surface area contributed by atoms with E-state index in [2.05, 4.69) is 0 Å². The van der Waals surface area contributed by atoms with Crippen LogP contribution in [-0.4, -0.2) is 39.5 Å². The van der Waals surface area contributed by atoms with Crippen molar-refractivity contribution in [2.75, 3.05) is 26.7 Å². The number of nitrogens with zero attached hydrogens (tertiary/aromatic N) is 1. The summed E-state index contributed by atoms with van der Waals surface area (Å²) in [7, 11) is -1.91. The molecule has 27 heavy (non-hydrogen) atoms. The molecule has 1 aliphatic heterocycles. The normalized spacial score (nSPS) is 20.1. The van der Waals surface area contributed by atoms with Crippen LogP contribution in [0.25, 0.3) is 0 Å². The molecule has 0 aromatic heterocycles. The Balaban J connectivity index is 0.00000261. The Morgan fingerprint density at radius 2 is 1.56 bits per heavy atom. The van der Waals surface area contributed by atoms with Crippen LogP contribution in [0.1, 0.15) is 13.3 Å². The zero-order valence-electron chi connectivity index (χ0n) is 15.4. The topological polar surface area (TPSA) is 81.9 Å². The van der Waals surface area contributed by atoms with Crippen molar-refractivity contribution in [3.63, 3.8) is 0 Å². The minimum atomic E-state index is -3.51. The maximum Gasteiger partial charge on any atom is 0.243 e. The molecular weight excluding hydrogens is 388 g/mol. The maximum atomic E-state index is 12.8. The number of hydrogen-bond donors (Lipinski definition) is 1. The molecule has 0 amide bonds. The van der Waals surface area contributed by atoms with E-state index >= 15 is 0 Å². The minimum Gasteiger partial charge on any atom is -0.497 e. The summed E-state index contributed by atoms with van der Waals surface area (Å²) in [5.41, 5.74) is 5.63. The molecule has 1 unspecified atom stereocenters. The van der Waals surface area contributed by atoms with Crippen LogP contribution in [0.15, 0.2) is 53.4 Å². The molecule has 1 saturated heterocycles. The fraction of sp³-hybridized carbons (Fsp3) is 0.368. The van der Waals surface area contributed by atoms with E-state index in [1.165, 1.54) is 4.31 Å². The molecule has 2 aromatic carbocycles. The first-order valence-electron chi connectivity index (χ1n) is 8.48. The van der Waals surface area contributed by atoms with E-state index in [4.69, 9.17) is 15.2 Å². The molecule has 1 fully saturated rings. The van der Waals surface area contributed by atoms with Gasteiger partial charge in [0, 0.05) is 13.1 Å². The highest BCUT2D eigenvalue weighted by Crippen LogP contribution is 2.33. The highest BCUT2D eigenvalue weighted by Gasteiger charge is 2.38. The zero-order valence-corrected chi connectivity index (χ0v) is 17.1. The molecule has 2 N–H and O–H groups in total. The number of benzene rings is 2. The van der Waals surface area contributed by atoms with Crippen molar-refractivity contribution in [2.24, 2.45) is 11.1 Å². The molecule has 3 rings (SSSR count). The second-order valence-electron chi connectivity index (χ2n) is 6.85. The first kappa shape index (κ1) is 21.5. The summed E-state index contributed by atoms with van der Waals surface area (Å²) in [5, 5.41) is 0. The quantitative estimate of drug-likeness (QED) is 0.787. The van der Waals surface area contributed by atoms with Crippen LogP contribution in [-0.2, 0) is 10.0 Å². The van der Waals surface area contributed by atoms with Crippen LogP contribution >= 0.6 is 12.4 Å². The van der Waals surface area contributed by atoms with Crippen molar-refractivity contribution < 1.29 is 17.9 Å². The molecule has 0 radical (unpaired) electrons. The number of hydrogen-bond acceptors (Lipinski definition) is 5. The lowest BCUT2D eigenvalue weighted by Crippen LogP contribution is -2.34. The third kappa shape index (κ3) is 4.73. The van der Waals surface area contributed by atoms with E-state index in [0.717, 1.165) is 12.2 Å². The highest BCUT2D eigenvalue weighted by molar-refractivity contribution is 7.89. The average Bonchev–Trinajstić information content (AvgIpc) is 3.07. The van der Waals surface area contributed by atoms with Gasteiger partial charge in [0.1, 0.15) is 17.2 Å². The Morgan fingerprint density at radius 1 is 1.04 bits per heavy atom. The van der Waals surface area contributed by atoms with Crippen molar-refractivity contribution in [1.29, 1.82) is 0 Å². The van der Waals surface area contributed by atoms with Gasteiger partial charge in [0.05, 0.1) is 12.0 Å². The van der Waals surface area contributed by atoms with Crippen LogP contribution in [0.3, 0.4) is 0 Å². The first-order valence-corrected chi connectivity index (χ1v) is 9.92. The summed E-state index contributed by atoms with van der Waals surface area (Å²) < 4.78 is 38.0. The van der Waals surface area contributed by atoms with Gasteiger partial charge in [0.25, 0.3) is 0 Å². The summed E-state index contributed by atoms with van der Waals surface area (Å²) in [5.74, 6) is 1.97. The van der Waals surface area contributed by atoms with E-state index in [9.17, 15) is 8.42 Å². The fourth-order valence-electron chi connectivity index (χ4n) is 2.96. The summed E-state index contributed by atoms with van der Waals surface area (Å²) in [4.78, 5) is 0.265. The standard InChI is InChI=1S/C19H24N2O4S.ClH/c1-19(13-20)11-12-21(14-19)26(22,23)18-9-7-17(8-10-18)25-16-5-3-15(24-2)4-6-16;/h3-10H,11-14,20H2,1-2H3;1H. The Hall–Kier alpha value is -1.80. The number of halogens is 1. The molecule has 0 bridgehead atoms. The maximum absolute atomic E-state index is 12.8. The molecule has 1 atom stereocenters. The van der Waals surface area contributed by atoms with E-state index < -0.39 is 10.0 Å². The number of rotatable bonds is 6. The Kier molecular flexibility index (Phi) is 6.75. The van der Waals surface area contributed by atoms with Gasteiger partial charge < -0.3 is 15.2 Å². The molecule has 1 aliphatic rings. The molecule has 148 valence electrons. The SMILES string of the molecule is COc1ccc(Oc2ccc(S(=O)(=O)N3CCC(C)(CN)C3)cc2)cc1.Cl. The molecule has 0 aliphatic carbocycles. The number of nitrogens with two attached hydrogens (primary N) is 1.